The number of aliphatic hydroxyl groups is 2. The molecule has 1 saturated carbocycles. The third-order valence-corrected chi connectivity index (χ3v) is 6.44. The number of benzene rings is 1. The summed E-state index contributed by atoms with van der Waals surface area (Å²) >= 11 is 0. The Hall–Kier alpha value is -2.83. The number of aryl methyl sites for hydroxylation is 2. The zero-order chi connectivity index (χ0) is 26.0. The largest absolute Gasteiger partial charge is 0.490 e. The van der Waals surface area contributed by atoms with Gasteiger partial charge in [-0.15, -0.1) is 0 Å². The topological polar surface area (TPSA) is 109 Å². The van der Waals surface area contributed by atoms with Gasteiger partial charge in [0.15, 0.2) is 11.9 Å². The molecule has 4 N–H and O–H groups in total. The first-order chi connectivity index (χ1) is 17.0. The van der Waals surface area contributed by atoms with Crippen LogP contribution in [0.15, 0.2) is 24.5 Å². The monoisotopic (exact) mass is 510 g/mol. The van der Waals surface area contributed by atoms with Gasteiger partial charge in [-0.3, -0.25) is 4.68 Å². The molecule has 2 atom stereocenters. The van der Waals surface area contributed by atoms with E-state index in [-0.39, 0.29) is 12.1 Å². The molecule has 0 amide bonds. The van der Waals surface area contributed by atoms with Gasteiger partial charge in [0, 0.05) is 43.5 Å². The van der Waals surface area contributed by atoms with E-state index in [9.17, 15) is 23.4 Å². The number of fused-ring (bicyclic) bond motifs is 1. The summed E-state index contributed by atoms with van der Waals surface area (Å²) in [5, 5.41) is 29.6. The fourth-order valence-corrected chi connectivity index (χ4v) is 4.48. The van der Waals surface area contributed by atoms with Crippen molar-refractivity contribution in [1.29, 1.82) is 0 Å². The van der Waals surface area contributed by atoms with Gasteiger partial charge in [0.1, 0.15) is 11.3 Å². The Morgan fingerprint density at radius 1 is 1.17 bits per heavy atom. The molecule has 0 bridgehead atoms. The van der Waals surface area contributed by atoms with Crippen LogP contribution in [0.4, 0.5) is 24.7 Å². The molecule has 2 unspecified atom stereocenters. The van der Waals surface area contributed by atoms with Crippen molar-refractivity contribution < 1.29 is 28.1 Å². The van der Waals surface area contributed by atoms with Crippen LogP contribution in [0.1, 0.15) is 38.3 Å². The summed E-state index contributed by atoms with van der Waals surface area (Å²) in [7, 11) is 1.90. The van der Waals surface area contributed by atoms with Crippen molar-refractivity contribution in [1.82, 2.24) is 24.6 Å². The molecule has 4 rings (SSSR count). The Labute approximate surface area is 207 Å². The lowest BCUT2D eigenvalue weighted by atomic mass is 9.93. The third kappa shape index (κ3) is 6.29. The first-order valence-corrected chi connectivity index (χ1v) is 12.1. The number of alkyl halides is 3. The third-order valence-electron chi connectivity index (χ3n) is 6.44. The molecule has 0 aliphatic heterocycles. The highest BCUT2D eigenvalue weighted by Gasteiger charge is 2.38. The normalized spacial score (nSPS) is 20.4. The quantitative estimate of drug-likeness (QED) is 0.349. The molecule has 2 aromatic heterocycles. The maximum Gasteiger partial charge on any atom is 0.415 e. The van der Waals surface area contributed by atoms with Gasteiger partial charge in [-0.05, 0) is 39.5 Å². The lowest BCUT2D eigenvalue weighted by Crippen LogP contribution is -2.44. The van der Waals surface area contributed by atoms with Crippen molar-refractivity contribution in [3.8, 4) is 5.75 Å². The molecule has 12 heteroatoms. The van der Waals surface area contributed by atoms with Gasteiger partial charge in [-0.2, -0.15) is 18.3 Å². The lowest BCUT2D eigenvalue weighted by molar-refractivity contribution is -0.202. The van der Waals surface area contributed by atoms with Crippen LogP contribution in [-0.2, 0) is 13.6 Å². The van der Waals surface area contributed by atoms with Crippen molar-refractivity contribution in [2.24, 2.45) is 7.05 Å². The Kier molecular flexibility index (Phi) is 7.76. The number of anilines is 2. The van der Waals surface area contributed by atoms with Crippen LogP contribution in [0.5, 0.6) is 5.75 Å². The molecule has 1 fully saturated rings. The number of hydrogen-bond donors (Lipinski definition) is 4. The van der Waals surface area contributed by atoms with Crippen LogP contribution in [0.2, 0.25) is 0 Å². The molecular formula is C24H33F3N6O3. The summed E-state index contributed by atoms with van der Waals surface area (Å²) in [5.74, 6) is 1.29. The number of nitrogens with one attached hydrogen (secondary N) is 2. The second-order valence-corrected chi connectivity index (χ2v) is 9.58. The molecule has 0 spiro atoms. The fraction of sp³-hybridized carbons (Fsp3) is 0.583. The molecule has 1 aliphatic rings. The number of nitrogens with zero attached hydrogens (tertiary/aromatic N) is 4. The number of aromatic nitrogens is 4. The fourth-order valence-electron chi connectivity index (χ4n) is 4.48. The highest BCUT2D eigenvalue weighted by Crippen LogP contribution is 2.33. The maximum absolute atomic E-state index is 12.5. The maximum atomic E-state index is 12.5. The molecule has 0 saturated heterocycles. The van der Waals surface area contributed by atoms with E-state index >= 15 is 0 Å². The van der Waals surface area contributed by atoms with Crippen LogP contribution in [0.3, 0.4) is 0 Å². The first kappa shape index (κ1) is 26.2. The average Bonchev–Trinajstić information content (AvgIpc) is 3.34. The van der Waals surface area contributed by atoms with Gasteiger partial charge in [-0.1, -0.05) is 0 Å². The van der Waals surface area contributed by atoms with Crippen molar-refractivity contribution in [2.45, 2.75) is 76.6 Å². The summed E-state index contributed by atoms with van der Waals surface area (Å²) in [5.41, 5.74) is 3.30. The van der Waals surface area contributed by atoms with E-state index in [1.54, 1.807) is 17.9 Å². The molecule has 0 radical (unpaired) electrons. The van der Waals surface area contributed by atoms with E-state index in [4.69, 9.17) is 4.74 Å². The Morgan fingerprint density at radius 2 is 1.89 bits per heavy atom. The molecule has 1 aromatic carbocycles. The molecule has 2 heterocycles. The summed E-state index contributed by atoms with van der Waals surface area (Å²) < 4.78 is 47.5. The Bertz CT molecular complexity index is 1170. The Morgan fingerprint density at radius 3 is 2.56 bits per heavy atom. The molecular weight excluding hydrogens is 477 g/mol. The van der Waals surface area contributed by atoms with Crippen LogP contribution in [-0.4, -0.2) is 66.6 Å². The number of imidazole rings is 1. The second kappa shape index (κ2) is 10.7. The number of aliphatic hydroxyl groups excluding tert-OH is 2. The Balaban J connectivity index is 1.42. The predicted molar refractivity (Wildman–Crippen MR) is 129 cm³/mol. The van der Waals surface area contributed by atoms with Crippen molar-refractivity contribution in [2.75, 3.05) is 11.9 Å². The van der Waals surface area contributed by atoms with E-state index in [0.29, 0.717) is 43.8 Å². The smallest absolute Gasteiger partial charge is 0.415 e. The molecule has 3 aromatic rings. The predicted octanol–water partition coefficient (Wildman–Crippen LogP) is 3.41. The lowest BCUT2D eigenvalue weighted by Gasteiger charge is -2.30. The molecule has 1 aliphatic carbocycles. The van der Waals surface area contributed by atoms with Gasteiger partial charge in [-0.25, -0.2) is 4.98 Å². The van der Waals surface area contributed by atoms with Crippen LogP contribution in [0.25, 0.3) is 11.0 Å². The zero-order valence-corrected chi connectivity index (χ0v) is 20.6. The number of hydrogen-bond acceptors (Lipinski definition) is 7. The minimum absolute atomic E-state index is 0.0680. The SMILES string of the molecule is Cc1cc(Nc2cc(O[C@H]3CC[C@@H](NCC(O)C(F)(F)F)CC3)cc3c2ncn3C)nn1CC(C)O. The summed E-state index contributed by atoms with van der Waals surface area (Å²) in [6, 6.07) is 5.62. The van der Waals surface area contributed by atoms with Crippen LogP contribution in [0, 0.1) is 6.92 Å². The first-order valence-electron chi connectivity index (χ1n) is 12.1. The van der Waals surface area contributed by atoms with Crippen LogP contribution >= 0.6 is 0 Å². The van der Waals surface area contributed by atoms with Gasteiger partial charge < -0.3 is 30.2 Å². The molecule has 198 valence electrons. The zero-order valence-electron chi connectivity index (χ0n) is 20.6. The van der Waals surface area contributed by atoms with E-state index < -0.39 is 24.9 Å². The highest BCUT2D eigenvalue weighted by atomic mass is 19.4. The minimum Gasteiger partial charge on any atom is -0.490 e. The number of ether oxygens (including phenoxy) is 1. The van der Waals surface area contributed by atoms with Crippen molar-refractivity contribution >= 4 is 22.5 Å². The van der Waals surface area contributed by atoms with Crippen molar-refractivity contribution in [3.63, 3.8) is 0 Å². The standard InChI is InChI=1S/C24H33F3N6O3/c1-14-8-22(31-33(14)12-15(2)34)30-19-9-18(10-20-23(19)29-13-32(20)3)36-17-6-4-16(5-7-17)28-11-21(35)24(25,26)27/h8-10,13,15-17,21,28,34-35H,4-7,11-12H2,1-3H3,(H,30,31)/t15?,16-,17+,21?. The average molecular weight is 511 g/mol. The van der Waals surface area contributed by atoms with Gasteiger partial charge in [0.25, 0.3) is 0 Å². The van der Waals surface area contributed by atoms with Crippen molar-refractivity contribution in [3.05, 3.63) is 30.2 Å². The van der Waals surface area contributed by atoms with Gasteiger partial charge in [0.05, 0.1) is 36.3 Å². The van der Waals surface area contributed by atoms with E-state index in [1.165, 1.54) is 0 Å². The summed E-state index contributed by atoms with van der Waals surface area (Å²) in [6.45, 7) is 3.52. The van der Waals surface area contributed by atoms with Gasteiger partial charge in [0.2, 0.25) is 0 Å². The van der Waals surface area contributed by atoms with Crippen LogP contribution < -0.4 is 15.4 Å². The summed E-state index contributed by atoms with van der Waals surface area (Å²) in [4.78, 5) is 4.50. The number of rotatable bonds is 9. The van der Waals surface area contributed by atoms with E-state index in [2.05, 4.69) is 20.7 Å². The number of halogens is 3. The second-order valence-electron chi connectivity index (χ2n) is 9.58. The minimum atomic E-state index is -4.61. The highest BCUT2D eigenvalue weighted by molar-refractivity contribution is 5.91. The van der Waals surface area contributed by atoms with Gasteiger partial charge >= 0.3 is 6.18 Å². The summed E-state index contributed by atoms with van der Waals surface area (Å²) in [6.07, 6.45) is -3.13. The van der Waals surface area contributed by atoms with E-state index in [0.717, 1.165) is 22.4 Å². The molecule has 9 nitrogen and oxygen atoms in total. The van der Waals surface area contributed by atoms with E-state index in [1.807, 2.05) is 36.7 Å². The molecule has 36 heavy (non-hydrogen) atoms.